The lowest BCUT2D eigenvalue weighted by atomic mass is 9.80. The molecule has 40 heavy (non-hydrogen) atoms. The number of Topliss-reactive ketones (excluding diaryl/α,β-unsaturated/α-hetero) is 4. The maximum Gasteiger partial charge on any atom is 0.224 e. The van der Waals surface area contributed by atoms with Crippen LogP contribution in [-0.4, -0.2) is 40.1 Å². The van der Waals surface area contributed by atoms with Crippen LogP contribution in [0.15, 0.2) is 54.9 Å². The van der Waals surface area contributed by atoms with Crippen LogP contribution in [0.4, 0.5) is 0 Å². The minimum Gasteiger partial charge on any atom is -0.346 e. The van der Waals surface area contributed by atoms with Crippen molar-refractivity contribution in [1.82, 2.24) is 10.3 Å². The molecule has 0 saturated heterocycles. The van der Waals surface area contributed by atoms with E-state index < -0.39 is 29.6 Å². The van der Waals surface area contributed by atoms with Gasteiger partial charge in [-0.2, -0.15) is 0 Å². The van der Waals surface area contributed by atoms with Crippen molar-refractivity contribution in [3.63, 3.8) is 0 Å². The lowest BCUT2D eigenvalue weighted by molar-refractivity contribution is -0.142. The standard InChI is InChI=1S/C33H42N2O5/c1-22(2)28(32(39)31(38)19-25-12-8-5-9-13-25)21-29(36)23(3)35-33(40)27(18-24-10-6-4-7-11-24)20-30(37)26-14-16-34-17-15-26/h4,6-7,10-11,14-17,22-23,25,27-28H,5,8-9,12-13,18-21H2,1-3H3,(H,35,40)/t23-,27-,28-/m0/s1. The molecule has 7 heteroatoms. The highest BCUT2D eigenvalue weighted by Gasteiger charge is 2.33. The van der Waals surface area contributed by atoms with Crippen molar-refractivity contribution in [2.45, 2.75) is 84.6 Å². The van der Waals surface area contributed by atoms with Gasteiger partial charge in [0.25, 0.3) is 0 Å². The second-order valence-corrected chi connectivity index (χ2v) is 11.5. The molecule has 1 N–H and O–H groups in total. The third-order valence-electron chi connectivity index (χ3n) is 8.01. The summed E-state index contributed by atoms with van der Waals surface area (Å²) in [6.45, 7) is 5.28. The number of rotatable bonds is 15. The molecule has 2 aromatic rings. The summed E-state index contributed by atoms with van der Waals surface area (Å²) in [5, 5.41) is 2.79. The van der Waals surface area contributed by atoms with E-state index in [1.54, 1.807) is 19.1 Å². The smallest absolute Gasteiger partial charge is 0.224 e. The molecule has 3 atom stereocenters. The summed E-state index contributed by atoms with van der Waals surface area (Å²) in [7, 11) is 0. The monoisotopic (exact) mass is 546 g/mol. The van der Waals surface area contributed by atoms with Crippen molar-refractivity contribution >= 4 is 29.0 Å². The Morgan fingerprint density at radius 3 is 2.15 bits per heavy atom. The molecule has 1 fully saturated rings. The van der Waals surface area contributed by atoms with Gasteiger partial charge in [0.05, 0.1) is 6.04 Å². The molecule has 1 aromatic heterocycles. The molecule has 1 aliphatic rings. The van der Waals surface area contributed by atoms with Crippen LogP contribution in [0.25, 0.3) is 0 Å². The first kappa shape index (κ1) is 31.1. The molecule has 0 radical (unpaired) electrons. The number of nitrogens with zero attached hydrogens (tertiary/aromatic N) is 1. The van der Waals surface area contributed by atoms with E-state index >= 15 is 0 Å². The Kier molecular flexibility index (Phi) is 11.9. The van der Waals surface area contributed by atoms with Gasteiger partial charge in [0, 0.05) is 49.1 Å². The molecule has 0 bridgehead atoms. The average Bonchev–Trinajstić information content (AvgIpc) is 2.96. The summed E-state index contributed by atoms with van der Waals surface area (Å²) >= 11 is 0. The zero-order chi connectivity index (χ0) is 29.1. The number of carbonyl (C=O) groups is 5. The third kappa shape index (κ3) is 9.32. The first-order valence-electron chi connectivity index (χ1n) is 14.5. The third-order valence-corrected chi connectivity index (χ3v) is 8.01. The van der Waals surface area contributed by atoms with E-state index in [9.17, 15) is 24.0 Å². The van der Waals surface area contributed by atoms with E-state index in [1.807, 2.05) is 44.2 Å². The molecule has 1 saturated carbocycles. The molecule has 1 aromatic carbocycles. The van der Waals surface area contributed by atoms with Gasteiger partial charge < -0.3 is 5.32 Å². The fourth-order valence-corrected chi connectivity index (χ4v) is 5.43. The van der Waals surface area contributed by atoms with Gasteiger partial charge in [0.2, 0.25) is 11.7 Å². The Morgan fingerprint density at radius 2 is 1.52 bits per heavy atom. The van der Waals surface area contributed by atoms with Crippen LogP contribution < -0.4 is 5.32 Å². The highest BCUT2D eigenvalue weighted by Crippen LogP contribution is 2.28. The number of benzene rings is 1. The summed E-state index contributed by atoms with van der Waals surface area (Å²) in [5.74, 6) is -3.06. The van der Waals surface area contributed by atoms with E-state index in [4.69, 9.17) is 0 Å². The number of hydrogen-bond acceptors (Lipinski definition) is 6. The predicted molar refractivity (Wildman–Crippen MR) is 154 cm³/mol. The van der Waals surface area contributed by atoms with Crippen molar-refractivity contribution in [3.05, 3.63) is 66.0 Å². The Balaban J connectivity index is 1.64. The molecule has 0 spiro atoms. The average molecular weight is 547 g/mol. The molecule has 7 nitrogen and oxygen atoms in total. The maximum atomic E-state index is 13.4. The summed E-state index contributed by atoms with van der Waals surface area (Å²) < 4.78 is 0. The Hall–Kier alpha value is -3.48. The maximum absolute atomic E-state index is 13.4. The van der Waals surface area contributed by atoms with Crippen LogP contribution in [0.3, 0.4) is 0 Å². The minimum atomic E-state index is -0.857. The number of nitrogens with one attached hydrogen (secondary N) is 1. The Morgan fingerprint density at radius 1 is 0.875 bits per heavy atom. The zero-order valence-electron chi connectivity index (χ0n) is 23.9. The molecular formula is C33H42N2O5. The van der Waals surface area contributed by atoms with Gasteiger partial charge in [-0.3, -0.25) is 29.0 Å². The van der Waals surface area contributed by atoms with Crippen LogP contribution in [-0.2, 0) is 25.6 Å². The molecule has 1 aliphatic carbocycles. The molecular weight excluding hydrogens is 504 g/mol. The molecule has 3 rings (SSSR count). The lowest BCUT2D eigenvalue weighted by Gasteiger charge is -2.24. The number of ketones is 4. The van der Waals surface area contributed by atoms with Crippen molar-refractivity contribution in [1.29, 1.82) is 0 Å². The zero-order valence-corrected chi connectivity index (χ0v) is 23.9. The van der Waals surface area contributed by atoms with Crippen LogP contribution >= 0.6 is 0 Å². The second kappa shape index (κ2) is 15.3. The molecule has 0 unspecified atom stereocenters. The molecule has 214 valence electrons. The fraction of sp³-hybridized carbons (Fsp3) is 0.515. The van der Waals surface area contributed by atoms with Gasteiger partial charge >= 0.3 is 0 Å². The van der Waals surface area contributed by atoms with Gasteiger partial charge in [-0.1, -0.05) is 76.3 Å². The van der Waals surface area contributed by atoms with E-state index in [0.29, 0.717) is 12.0 Å². The van der Waals surface area contributed by atoms with Crippen LogP contribution in [0, 0.1) is 23.7 Å². The normalized spacial score (nSPS) is 16.1. The first-order valence-corrected chi connectivity index (χ1v) is 14.5. The largest absolute Gasteiger partial charge is 0.346 e. The number of aromatic nitrogens is 1. The minimum absolute atomic E-state index is 0.0194. The fourth-order valence-electron chi connectivity index (χ4n) is 5.43. The SMILES string of the molecule is CC(C)[C@H](CC(=O)[C@H](C)NC(=O)[C@H](CC(=O)c1ccncc1)Cc1ccccc1)C(=O)C(=O)CC1CCCCC1. The second-order valence-electron chi connectivity index (χ2n) is 11.5. The number of hydrogen-bond donors (Lipinski definition) is 1. The topological polar surface area (TPSA) is 110 Å². The Labute approximate surface area is 237 Å². The molecule has 1 amide bonds. The lowest BCUT2D eigenvalue weighted by Crippen LogP contribution is -2.44. The van der Waals surface area contributed by atoms with Gasteiger partial charge in [0.15, 0.2) is 17.3 Å². The van der Waals surface area contributed by atoms with E-state index in [1.165, 1.54) is 18.8 Å². The van der Waals surface area contributed by atoms with Gasteiger partial charge in [-0.05, 0) is 42.9 Å². The molecule has 1 heterocycles. The van der Waals surface area contributed by atoms with Gasteiger partial charge in [-0.15, -0.1) is 0 Å². The van der Waals surface area contributed by atoms with Gasteiger partial charge in [0.1, 0.15) is 0 Å². The summed E-state index contributed by atoms with van der Waals surface area (Å²) in [4.78, 5) is 69.3. The first-order chi connectivity index (χ1) is 19.2. The van der Waals surface area contributed by atoms with Crippen LogP contribution in [0.2, 0.25) is 0 Å². The van der Waals surface area contributed by atoms with Crippen molar-refractivity contribution in [2.24, 2.45) is 23.7 Å². The summed E-state index contributed by atoms with van der Waals surface area (Å²) in [6.07, 6.45) is 8.85. The van der Waals surface area contributed by atoms with E-state index in [-0.39, 0.29) is 48.4 Å². The highest BCUT2D eigenvalue weighted by atomic mass is 16.2. The highest BCUT2D eigenvalue weighted by molar-refractivity contribution is 6.38. The van der Waals surface area contributed by atoms with Crippen molar-refractivity contribution < 1.29 is 24.0 Å². The number of carbonyl (C=O) groups excluding carboxylic acids is 5. The number of amides is 1. The summed E-state index contributed by atoms with van der Waals surface area (Å²) in [6, 6.07) is 11.8. The molecule has 0 aliphatic heterocycles. The van der Waals surface area contributed by atoms with Crippen molar-refractivity contribution in [3.8, 4) is 0 Å². The quantitative estimate of drug-likeness (QED) is 0.238. The van der Waals surface area contributed by atoms with Crippen LogP contribution in [0.5, 0.6) is 0 Å². The van der Waals surface area contributed by atoms with Gasteiger partial charge in [-0.25, -0.2) is 0 Å². The van der Waals surface area contributed by atoms with E-state index in [2.05, 4.69) is 10.3 Å². The number of pyridine rings is 1. The Bertz CT molecular complexity index is 1160. The van der Waals surface area contributed by atoms with Crippen molar-refractivity contribution in [2.75, 3.05) is 0 Å². The summed E-state index contributed by atoms with van der Waals surface area (Å²) in [5.41, 5.74) is 1.38. The van der Waals surface area contributed by atoms with E-state index in [0.717, 1.165) is 31.2 Å². The predicted octanol–water partition coefficient (Wildman–Crippen LogP) is 5.36. The van der Waals surface area contributed by atoms with Crippen LogP contribution in [0.1, 0.15) is 88.1 Å².